The second kappa shape index (κ2) is 7.65. The van der Waals surface area contributed by atoms with Crippen molar-refractivity contribution in [2.45, 2.75) is 18.8 Å². The van der Waals surface area contributed by atoms with Crippen molar-refractivity contribution in [2.75, 3.05) is 25.9 Å². The molecule has 11 heteroatoms. The molecule has 0 bridgehead atoms. The maximum atomic E-state index is 13.4. The monoisotopic (exact) mass is 415 g/mol. The SMILES string of the molecule is COc1ccc(-n2nc(C(=O)N3CCC(F)(F)CC3)cc2-c2ccc(N)nc2)nn1. The Balaban J connectivity index is 1.71. The Morgan fingerprint density at radius 2 is 1.93 bits per heavy atom. The lowest BCUT2D eigenvalue weighted by atomic mass is 10.1. The first-order chi connectivity index (χ1) is 14.4. The van der Waals surface area contributed by atoms with Gasteiger partial charge in [0, 0.05) is 43.8 Å². The summed E-state index contributed by atoms with van der Waals surface area (Å²) in [5.74, 6) is -2.13. The van der Waals surface area contributed by atoms with E-state index in [9.17, 15) is 13.6 Å². The number of carbonyl (C=O) groups excluding carboxylic acids is 1. The largest absolute Gasteiger partial charge is 0.480 e. The van der Waals surface area contributed by atoms with Gasteiger partial charge in [-0.2, -0.15) is 5.10 Å². The normalized spacial score (nSPS) is 15.8. The van der Waals surface area contributed by atoms with Gasteiger partial charge in [-0.05, 0) is 24.3 Å². The quantitative estimate of drug-likeness (QED) is 0.695. The van der Waals surface area contributed by atoms with Crippen molar-refractivity contribution in [1.29, 1.82) is 0 Å². The molecule has 0 atom stereocenters. The van der Waals surface area contributed by atoms with E-state index in [0.29, 0.717) is 28.8 Å². The van der Waals surface area contributed by atoms with Gasteiger partial charge in [0.15, 0.2) is 11.5 Å². The van der Waals surface area contributed by atoms with Gasteiger partial charge in [-0.25, -0.2) is 18.4 Å². The number of hydrogen-bond acceptors (Lipinski definition) is 7. The van der Waals surface area contributed by atoms with Crippen molar-refractivity contribution in [3.05, 3.63) is 42.2 Å². The summed E-state index contributed by atoms with van der Waals surface area (Å²) in [7, 11) is 1.47. The first-order valence-corrected chi connectivity index (χ1v) is 9.23. The molecule has 1 aliphatic heterocycles. The lowest BCUT2D eigenvalue weighted by molar-refractivity contribution is -0.0495. The maximum absolute atomic E-state index is 13.4. The number of rotatable bonds is 4. The molecule has 4 heterocycles. The number of nitrogen functional groups attached to an aromatic ring is 1. The average Bonchev–Trinajstić information content (AvgIpc) is 3.19. The predicted octanol–water partition coefficient (Wildman–Crippen LogP) is 2.19. The van der Waals surface area contributed by atoms with Crippen LogP contribution in [0.25, 0.3) is 17.1 Å². The van der Waals surface area contributed by atoms with Crippen LogP contribution in [0.3, 0.4) is 0 Å². The Hall–Kier alpha value is -3.63. The molecule has 1 fully saturated rings. The number of nitrogens with zero attached hydrogens (tertiary/aromatic N) is 6. The molecule has 1 saturated heterocycles. The minimum atomic E-state index is -2.74. The summed E-state index contributed by atoms with van der Waals surface area (Å²) in [6.07, 6.45) is 0.825. The topological polar surface area (TPSA) is 112 Å². The molecule has 9 nitrogen and oxygen atoms in total. The Morgan fingerprint density at radius 1 is 1.17 bits per heavy atom. The number of carbonyl (C=O) groups is 1. The lowest BCUT2D eigenvalue weighted by Gasteiger charge is -2.31. The number of nitrogens with two attached hydrogens (primary N) is 1. The Kier molecular flexibility index (Phi) is 5.02. The Labute approximate surface area is 170 Å². The minimum absolute atomic E-state index is 0.0280. The first-order valence-electron chi connectivity index (χ1n) is 9.23. The molecule has 0 saturated carbocycles. The summed E-state index contributed by atoms with van der Waals surface area (Å²) in [4.78, 5) is 18.4. The van der Waals surface area contributed by atoms with Gasteiger partial charge < -0.3 is 15.4 Å². The number of alkyl halides is 2. The van der Waals surface area contributed by atoms with Gasteiger partial charge in [-0.15, -0.1) is 10.2 Å². The molecule has 30 heavy (non-hydrogen) atoms. The highest BCUT2D eigenvalue weighted by molar-refractivity contribution is 5.93. The molecular formula is C19H19F2N7O2. The van der Waals surface area contributed by atoms with E-state index < -0.39 is 11.8 Å². The number of hydrogen-bond donors (Lipinski definition) is 1. The molecule has 3 aromatic heterocycles. The van der Waals surface area contributed by atoms with Crippen molar-refractivity contribution in [1.82, 2.24) is 29.9 Å². The van der Waals surface area contributed by atoms with Gasteiger partial charge in [0.2, 0.25) is 5.88 Å². The fourth-order valence-corrected chi connectivity index (χ4v) is 3.16. The molecular weight excluding hydrogens is 396 g/mol. The van der Waals surface area contributed by atoms with E-state index >= 15 is 0 Å². The lowest BCUT2D eigenvalue weighted by Crippen LogP contribution is -2.42. The maximum Gasteiger partial charge on any atom is 0.274 e. The van der Waals surface area contributed by atoms with E-state index in [4.69, 9.17) is 10.5 Å². The van der Waals surface area contributed by atoms with E-state index in [0.717, 1.165) is 0 Å². The van der Waals surface area contributed by atoms with E-state index in [1.54, 1.807) is 36.5 Å². The Bertz CT molecular complexity index is 1040. The number of ether oxygens (including phenoxy) is 1. The molecule has 0 aliphatic carbocycles. The number of amides is 1. The molecule has 1 aliphatic rings. The smallest absolute Gasteiger partial charge is 0.274 e. The van der Waals surface area contributed by atoms with E-state index in [1.807, 2.05) is 0 Å². The van der Waals surface area contributed by atoms with Crippen LogP contribution in [-0.2, 0) is 0 Å². The zero-order valence-corrected chi connectivity index (χ0v) is 16.1. The average molecular weight is 415 g/mol. The fourth-order valence-electron chi connectivity index (χ4n) is 3.16. The number of methoxy groups -OCH3 is 1. The molecule has 1 amide bonds. The highest BCUT2D eigenvalue weighted by Crippen LogP contribution is 2.29. The van der Waals surface area contributed by atoms with Gasteiger partial charge in [0.25, 0.3) is 11.8 Å². The number of piperidine rings is 1. The van der Waals surface area contributed by atoms with Crippen LogP contribution in [0.4, 0.5) is 14.6 Å². The summed E-state index contributed by atoms with van der Waals surface area (Å²) < 4.78 is 33.4. The summed E-state index contributed by atoms with van der Waals surface area (Å²) in [5.41, 5.74) is 6.97. The third kappa shape index (κ3) is 3.91. The zero-order valence-electron chi connectivity index (χ0n) is 16.1. The summed E-state index contributed by atoms with van der Waals surface area (Å²) in [6.45, 7) is -0.0560. The second-order valence-electron chi connectivity index (χ2n) is 6.88. The third-order valence-corrected chi connectivity index (χ3v) is 4.84. The van der Waals surface area contributed by atoms with Crippen LogP contribution in [0, 0.1) is 0 Å². The number of aromatic nitrogens is 5. The molecule has 0 radical (unpaired) electrons. The summed E-state index contributed by atoms with van der Waals surface area (Å²) >= 11 is 0. The standard InChI is InChI=1S/C19H19F2N7O2/c1-30-17-5-4-16(24-25-17)28-14(12-2-3-15(22)23-11-12)10-13(26-28)18(29)27-8-6-19(20,21)7-9-27/h2-5,10-11H,6-9H2,1H3,(H2,22,23). The zero-order chi connectivity index (χ0) is 21.3. The summed E-state index contributed by atoms with van der Waals surface area (Å²) in [6, 6.07) is 8.20. The molecule has 0 spiro atoms. The van der Waals surface area contributed by atoms with Gasteiger partial charge in [-0.1, -0.05) is 0 Å². The third-order valence-electron chi connectivity index (χ3n) is 4.84. The molecule has 2 N–H and O–H groups in total. The van der Waals surface area contributed by atoms with E-state index in [1.165, 1.54) is 16.7 Å². The number of likely N-dealkylation sites (tertiary alicyclic amines) is 1. The van der Waals surface area contributed by atoms with Crippen LogP contribution in [0.5, 0.6) is 5.88 Å². The first kappa shape index (κ1) is 19.7. The predicted molar refractivity (Wildman–Crippen MR) is 103 cm³/mol. The highest BCUT2D eigenvalue weighted by atomic mass is 19.3. The van der Waals surface area contributed by atoms with Crippen LogP contribution in [0.2, 0.25) is 0 Å². The molecule has 0 unspecified atom stereocenters. The molecule has 4 rings (SSSR count). The van der Waals surface area contributed by atoms with Gasteiger partial charge in [-0.3, -0.25) is 4.79 Å². The van der Waals surface area contributed by atoms with Gasteiger partial charge >= 0.3 is 0 Å². The van der Waals surface area contributed by atoms with Crippen molar-refractivity contribution >= 4 is 11.7 Å². The number of halogens is 2. The van der Waals surface area contributed by atoms with Crippen LogP contribution in [-0.4, -0.2) is 61.9 Å². The molecule has 0 aromatic carbocycles. The van der Waals surface area contributed by atoms with Crippen LogP contribution >= 0.6 is 0 Å². The molecule has 156 valence electrons. The second-order valence-corrected chi connectivity index (χ2v) is 6.88. The minimum Gasteiger partial charge on any atom is -0.480 e. The van der Waals surface area contributed by atoms with Crippen molar-refractivity contribution < 1.29 is 18.3 Å². The number of pyridine rings is 1. The Morgan fingerprint density at radius 3 is 2.53 bits per heavy atom. The van der Waals surface area contributed by atoms with E-state index in [2.05, 4.69) is 20.3 Å². The van der Waals surface area contributed by atoms with Crippen LogP contribution < -0.4 is 10.5 Å². The van der Waals surface area contributed by atoms with Crippen LogP contribution in [0.15, 0.2) is 36.5 Å². The highest BCUT2D eigenvalue weighted by Gasteiger charge is 2.36. The van der Waals surface area contributed by atoms with E-state index in [-0.39, 0.29) is 31.6 Å². The number of anilines is 1. The van der Waals surface area contributed by atoms with Crippen molar-refractivity contribution in [2.24, 2.45) is 0 Å². The van der Waals surface area contributed by atoms with Crippen LogP contribution in [0.1, 0.15) is 23.3 Å². The van der Waals surface area contributed by atoms with Gasteiger partial charge in [0.05, 0.1) is 12.8 Å². The van der Waals surface area contributed by atoms with Crippen molar-refractivity contribution in [3.63, 3.8) is 0 Å². The van der Waals surface area contributed by atoms with Crippen molar-refractivity contribution in [3.8, 4) is 23.0 Å². The van der Waals surface area contributed by atoms with Gasteiger partial charge in [0.1, 0.15) is 5.82 Å². The summed E-state index contributed by atoms with van der Waals surface area (Å²) in [5, 5.41) is 12.4. The fraction of sp³-hybridized carbons (Fsp3) is 0.316. The molecule has 3 aromatic rings.